The highest BCUT2D eigenvalue weighted by atomic mass is 32.2. The Hall–Kier alpha value is -2.89. The minimum Gasteiger partial charge on any atom is -0.486 e. The van der Waals surface area contributed by atoms with E-state index in [1.54, 1.807) is 30.5 Å². The summed E-state index contributed by atoms with van der Waals surface area (Å²) >= 11 is 1.47. The molecule has 1 amide bonds. The maximum absolute atomic E-state index is 14.0. The number of hydrogen-bond acceptors (Lipinski definition) is 6. The quantitative estimate of drug-likeness (QED) is 0.426. The lowest BCUT2D eigenvalue weighted by Gasteiger charge is -2.18. The molecule has 0 aliphatic carbocycles. The van der Waals surface area contributed by atoms with Crippen LogP contribution >= 0.6 is 11.8 Å². The van der Waals surface area contributed by atoms with Crippen LogP contribution in [0.2, 0.25) is 0 Å². The van der Waals surface area contributed by atoms with E-state index in [1.807, 2.05) is 24.1 Å². The zero-order valence-electron chi connectivity index (χ0n) is 18.2. The number of nitrogens with zero attached hydrogens (tertiary/aromatic N) is 2. The van der Waals surface area contributed by atoms with Gasteiger partial charge in [-0.05, 0) is 54.8 Å². The highest BCUT2D eigenvalue weighted by Crippen LogP contribution is 2.19. The summed E-state index contributed by atoms with van der Waals surface area (Å²) in [7, 11) is -2.35. The van der Waals surface area contributed by atoms with Gasteiger partial charge in [0.15, 0.2) is 0 Å². The predicted octanol–water partition coefficient (Wildman–Crippen LogP) is 3.18. The lowest BCUT2D eigenvalue weighted by molar-refractivity contribution is -0.117. The van der Waals surface area contributed by atoms with Crippen molar-refractivity contribution in [1.82, 2.24) is 14.3 Å². The van der Waals surface area contributed by atoms with Crippen LogP contribution in [0.25, 0.3) is 0 Å². The fraction of sp³-hybridized carbons (Fsp3) is 0.273. The number of anilines is 1. The number of carbonyl (C=O) groups excluding carboxylic acids is 1. The third-order valence-electron chi connectivity index (χ3n) is 4.76. The van der Waals surface area contributed by atoms with Crippen molar-refractivity contribution in [2.24, 2.45) is 7.05 Å². The van der Waals surface area contributed by atoms with Crippen LogP contribution in [-0.2, 0) is 28.5 Å². The summed E-state index contributed by atoms with van der Waals surface area (Å²) in [6.45, 7) is 0.295. The second-order valence-corrected chi connectivity index (χ2v) is 9.81. The van der Waals surface area contributed by atoms with E-state index in [0.717, 1.165) is 18.0 Å². The highest BCUT2D eigenvalue weighted by molar-refractivity contribution is 7.98. The van der Waals surface area contributed by atoms with Gasteiger partial charge in [-0.2, -0.15) is 16.5 Å². The van der Waals surface area contributed by atoms with Crippen LogP contribution in [0.15, 0.2) is 65.8 Å². The lowest BCUT2D eigenvalue weighted by atomic mass is 10.2. The number of imidazole rings is 1. The Bertz CT molecular complexity index is 1180. The van der Waals surface area contributed by atoms with Crippen LogP contribution in [0, 0.1) is 5.82 Å². The molecule has 0 radical (unpaired) electrons. The van der Waals surface area contributed by atoms with E-state index in [4.69, 9.17) is 4.74 Å². The monoisotopic (exact) mass is 492 g/mol. The van der Waals surface area contributed by atoms with Crippen LogP contribution in [0.1, 0.15) is 12.2 Å². The molecule has 8 nitrogen and oxygen atoms in total. The molecular weight excluding hydrogens is 467 g/mol. The fourth-order valence-corrected chi connectivity index (χ4v) is 4.72. The number of rotatable bonds is 11. The summed E-state index contributed by atoms with van der Waals surface area (Å²) in [5.74, 6) is 0.486. The van der Waals surface area contributed by atoms with E-state index in [0.29, 0.717) is 23.8 Å². The number of ether oxygens (including phenoxy) is 1. The summed E-state index contributed by atoms with van der Waals surface area (Å²) in [5.41, 5.74) is 0.476. The van der Waals surface area contributed by atoms with Crippen LogP contribution in [0.3, 0.4) is 0 Å². The molecule has 1 atom stereocenters. The molecule has 1 aromatic heterocycles. The van der Waals surface area contributed by atoms with Gasteiger partial charge in [0, 0.05) is 25.1 Å². The molecule has 0 fully saturated rings. The van der Waals surface area contributed by atoms with Crippen molar-refractivity contribution in [3.05, 3.63) is 72.6 Å². The molecule has 33 heavy (non-hydrogen) atoms. The number of sulfonamides is 1. The third-order valence-corrected chi connectivity index (χ3v) is 6.91. The van der Waals surface area contributed by atoms with E-state index in [2.05, 4.69) is 15.0 Å². The Morgan fingerprint density at radius 3 is 2.58 bits per heavy atom. The number of thioether (sulfide) groups is 1. The molecule has 1 unspecified atom stereocenters. The number of amides is 1. The van der Waals surface area contributed by atoms with Crippen molar-refractivity contribution in [1.29, 1.82) is 0 Å². The number of aromatic nitrogens is 2. The standard InChI is InChI=1S/C22H25FN4O4S2/c1-27-13-12-24-21(27)15-31-17-9-7-16(8-10-17)25-22(28)19(11-14-32-2)26-33(29,30)20-6-4-3-5-18(20)23/h3-10,12-13,19,26H,11,14-15H2,1-2H3,(H,25,28). The Balaban J connectivity index is 1.65. The number of halogens is 1. The molecule has 2 N–H and O–H groups in total. The molecule has 0 bridgehead atoms. The summed E-state index contributed by atoms with van der Waals surface area (Å²) < 4.78 is 49.2. The molecule has 0 saturated heterocycles. The van der Waals surface area contributed by atoms with Gasteiger partial charge in [0.25, 0.3) is 0 Å². The van der Waals surface area contributed by atoms with Gasteiger partial charge in [-0.15, -0.1) is 0 Å². The first kappa shape index (κ1) is 24.7. The molecule has 3 aromatic rings. The SMILES string of the molecule is CSCCC(NS(=O)(=O)c1ccccc1F)C(=O)Nc1ccc(OCc2nccn2C)cc1. The topological polar surface area (TPSA) is 102 Å². The molecule has 0 aliphatic heterocycles. The Labute approximate surface area is 196 Å². The molecule has 2 aromatic carbocycles. The molecule has 176 valence electrons. The summed E-state index contributed by atoms with van der Waals surface area (Å²) in [5, 5.41) is 2.70. The first-order valence-electron chi connectivity index (χ1n) is 10.1. The lowest BCUT2D eigenvalue weighted by Crippen LogP contribution is -2.44. The number of hydrogen-bond donors (Lipinski definition) is 2. The van der Waals surface area contributed by atoms with Gasteiger partial charge in [-0.1, -0.05) is 12.1 Å². The fourth-order valence-electron chi connectivity index (χ4n) is 2.94. The predicted molar refractivity (Wildman–Crippen MR) is 126 cm³/mol. The van der Waals surface area contributed by atoms with Crippen molar-refractivity contribution in [3.63, 3.8) is 0 Å². The minimum atomic E-state index is -4.22. The number of carbonyl (C=O) groups is 1. The third kappa shape index (κ3) is 6.80. The van der Waals surface area contributed by atoms with Crippen LogP contribution < -0.4 is 14.8 Å². The van der Waals surface area contributed by atoms with Gasteiger partial charge in [0.2, 0.25) is 15.9 Å². The first-order valence-corrected chi connectivity index (χ1v) is 12.9. The molecular formula is C22H25FN4O4S2. The normalized spacial score (nSPS) is 12.3. The number of aryl methyl sites for hydroxylation is 1. The Kier molecular flexibility index (Phi) is 8.48. The van der Waals surface area contributed by atoms with E-state index < -0.39 is 32.7 Å². The van der Waals surface area contributed by atoms with Crippen molar-refractivity contribution in [2.75, 3.05) is 17.3 Å². The van der Waals surface area contributed by atoms with Gasteiger partial charge in [-0.3, -0.25) is 4.79 Å². The second-order valence-electron chi connectivity index (χ2n) is 7.14. The second kappa shape index (κ2) is 11.3. The van der Waals surface area contributed by atoms with Crippen molar-refractivity contribution >= 4 is 33.4 Å². The minimum absolute atomic E-state index is 0.242. The summed E-state index contributed by atoms with van der Waals surface area (Å²) in [6.07, 6.45) is 5.60. The largest absolute Gasteiger partial charge is 0.486 e. The average molecular weight is 493 g/mol. The van der Waals surface area contributed by atoms with E-state index in [9.17, 15) is 17.6 Å². The van der Waals surface area contributed by atoms with Crippen LogP contribution in [-0.4, -0.2) is 41.9 Å². The van der Waals surface area contributed by atoms with Gasteiger partial charge < -0.3 is 14.6 Å². The van der Waals surface area contributed by atoms with Gasteiger partial charge in [0.1, 0.15) is 34.9 Å². The van der Waals surface area contributed by atoms with Gasteiger partial charge in [-0.25, -0.2) is 17.8 Å². The van der Waals surface area contributed by atoms with Crippen LogP contribution in [0.5, 0.6) is 5.75 Å². The van der Waals surface area contributed by atoms with Gasteiger partial charge >= 0.3 is 0 Å². The number of nitrogens with one attached hydrogen (secondary N) is 2. The highest BCUT2D eigenvalue weighted by Gasteiger charge is 2.27. The maximum Gasteiger partial charge on any atom is 0.244 e. The maximum atomic E-state index is 14.0. The number of benzene rings is 2. The van der Waals surface area contributed by atoms with Crippen molar-refractivity contribution in [3.8, 4) is 5.75 Å². The zero-order valence-corrected chi connectivity index (χ0v) is 19.8. The Morgan fingerprint density at radius 1 is 1.21 bits per heavy atom. The summed E-state index contributed by atoms with van der Waals surface area (Å²) in [6, 6.07) is 10.7. The van der Waals surface area contributed by atoms with E-state index in [-0.39, 0.29) is 6.42 Å². The molecule has 0 aliphatic rings. The molecule has 1 heterocycles. The van der Waals surface area contributed by atoms with E-state index in [1.165, 1.54) is 23.9 Å². The molecule has 0 saturated carbocycles. The molecule has 3 rings (SSSR count). The molecule has 11 heteroatoms. The average Bonchev–Trinajstić information content (AvgIpc) is 3.21. The smallest absolute Gasteiger partial charge is 0.244 e. The van der Waals surface area contributed by atoms with Gasteiger partial charge in [0.05, 0.1) is 0 Å². The van der Waals surface area contributed by atoms with Crippen LogP contribution in [0.4, 0.5) is 10.1 Å². The first-order chi connectivity index (χ1) is 15.8. The molecule has 0 spiro atoms. The summed E-state index contributed by atoms with van der Waals surface area (Å²) in [4.78, 5) is 16.5. The zero-order chi connectivity index (χ0) is 23.8. The Morgan fingerprint density at radius 2 is 1.94 bits per heavy atom. The van der Waals surface area contributed by atoms with Crippen molar-refractivity contribution < 1.29 is 22.3 Å². The van der Waals surface area contributed by atoms with Crippen molar-refractivity contribution in [2.45, 2.75) is 24.0 Å². The van der Waals surface area contributed by atoms with E-state index >= 15 is 0 Å².